The molecule has 32 heavy (non-hydrogen) atoms. The molecule has 0 bridgehead atoms. The van der Waals surface area contributed by atoms with Crippen molar-refractivity contribution in [2.24, 2.45) is 17.8 Å². The van der Waals surface area contributed by atoms with E-state index >= 15 is 0 Å². The molecule has 184 valence electrons. The van der Waals surface area contributed by atoms with Crippen LogP contribution >= 0.6 is 0 Å². The maximum Gasteiger partial charge on any atom is 0.220 e. The van der Waals surface area contributed by atoms with Crippen LogP contribution < -0.4 is 16.0 Å². The Hall–Kier alpha value is -1.92. The summed E-state index contributed by atoms with van der Waals surface area (Å²) < 4.78 is 0. The van der Waals surface area contributed by atoms with E-state index in [0.29, 0.717) is 56.9 Å². The second-order valence-electron chi connectivity index (χ2n) is 9.45. The van der Waals surface area contributed by atoms with Gasteiger partial charge in [0.1, 0.15) is 5.78 Å². The van der Waals surface area contributed by atoms with Crippen molar-refractivity contribution in [1.29, 1.82) is 0 Å². The first kappa shape index (κ1) is 28.1. The molecule has 0 radical (unpaired) electrons. The van der Waals surface area contributed by atoms with Gasteiger partial charge in [0.15, 0.2) is 0 Å². The van der Waals surface area contributed by atoms with E-state index in [1.165, 1.54) is 0 Å². The van der Waals surface area contributed by atoms with Gasteiger partial charge in [-0.25, -0.2) is 0 Å². The van der Waals surface area contributed by atoms with Crippen LogP contribution in [0.5, 0.6) is 0 Å². The first-order valence-corrected chi connectivity index (χ1v) is 12.6. The maximum absolute atomic E-state index is 12.3. The van der Waals surface area contributed by atoms with E-state index < -0.39 is 0 Å². The Kier molecular flexibility index (Phi) is 13.9. The lowest BCUT2D eigenvalue weighted by molar-refractivity contribution is -0.127. The molecule has 0 aromatic carbocycles. The molecule has 7 heteroatoms. The predicted octanol–water partition coefficient (Wildman–Crippen LogP) is 3.51. The van der Waals surface area contributed by atoms with Gasteiger partial charge in [0.05, 0.1) is 0 Å². The number of rotatable bonds is 15. The van der Waals surface area contributed by atoms with Crippen molar-refractivity contribution in [3.8, 4) is 0 Å². The molecule has 3 N–H and O–H groups in total. The molecule has 0 aromatic rings. The quantitative estimate of drug-likeness (QED) is 0.331. The van der Waals surface area contributed by atoms with Crippen molar-refractivity contribution in [1.82, 2.24) is 16.0 Å². The smallest absolute Gasteiger partial charge is 0.220 e. The zero-order valence-corrected chi connectivity index (χ0v) is 20.6. The summed E-state index contributed by atoms with van der Waals surface area (Å²) >= 11 is 0. The summed E-state index contributed by atoms with van der Waals surface area (Å²) in [5.74, 6) is 1.04. The Morgan fingerprint density at radius 1 is 0.781 bits per heavy atom. The van der Waals surface area contributed by atoms with Crippen LogP contribution in [-0.4, -0.2) is 42.6 Å². The topological polar surface area (TPSA) is 104 Å². The van der Waals surface area contributed by atoms with E-state index in [1.54, 1.807) is 0 Å². The van der Waals surface area contributed by atoms with Crippen molar-refractivity contribution in [2.75, 3.05) is 13.1 Å². The van der Waals surface area contributed by atoms with Crippen molar-refractivity contribution in [3.63, 3.8) is 0 Å². The molecule has 0 aromatic heterocycles. The highest BCUT2D eigenvalue weighted by Gasteiger charge is 2.28. The van der Waals surface area contributed by atoms with Gasteiger partial charge < -0.3 is 16.0 Å². The Morgan fingerprint density at radius 2 is 1.38 bits per heavy atom. The van der Waals surface area contributed by atoms with Gasteiger partial charge in [-0.05, 0) is 50.9 Å². The summed E-state index contributed by atoms with van der Waals surface area (Å²) in [5, 5.41) is 8.78. The molecule has 1 fully saturated rings. The van der Waals surface area contributed by atoms with Gasteiger partial charge in [-0.1, -0.05) is 34.1 Å². The third kappa shape index (κ3) is 11.6. The number of ketones is 1. The molecule has 0 saturated heterocycles. The molecule has 1 aliphatic rings. The number of hydrogen-bond acceptors (Lipinski definition) is 4. The number of carbonyl (C=O) groups is 4. The fourth-order valence-electron chi connectivity index (χ4n) is 3.92. The minimum absolute atomic E-state index is 0.0209. The summed E-state index contributed by atoms with van der Waals surface area (Å²) in [7, 11) is 0. The van der Waals surface area contributed by atoms with E-state index in [2.05, 4.69) is 29.8 Å². The van der Waals surface area contributed by atoms with Crippen LogP contribution in [0, 0.1) is 17.8 Å². The fourth-order valence-corrected chi connectivity index (χ4v) is 3.92. The summed E-state index contributed by atoms with van der Waals surface area (Å²) in [4.78, 5) is 48.1. The van der Waals surface area contributed by atoms with Gasteiger partial charge in [-0.3, -0.25) is 19.2 Å². The van der Waals surface area contributed by atoms with Gasteiger partial charge in [0, 0.05) is 50.2 Å². The molecule has 1 rings (SSSR count). The summed E-state index contributed by atoms with van der Waals surface area (Å²) in [6.07, 6.45) is 7.50. The molecule has 0 heterocycles. The van der Waals surface area contributed by atoms with Gasteiger partial charge in [0.25, 0.3) is 0 Å². The maximum atomic E-state index is 12.3. The third-order valence-electron chi connectivity index (χ3n) is 6.65. The molecule has 2 unspecified atom stereocenters. The third-order valence-corrected chi connectivity index (χ3v) is 6.65. The van der Waals surface area contributed by atoms with Crippen molar-refractivity contribution in [2.45, 2.75) is 104 Å². The van der Waals surface area contributed by atoms with Gasteiger partial charge in [-0.15, -0.1) is 0 Å². The van der Waals surface area contributed by atoms with E-state index in [9.17, 15) is 19.2 Å². The molecule has 0 aliphatic heterocycles. The Bertz CT molecular complexity index is 600. The van der Waals surface area contributed by atoms with Crippen molar-refractivity contribution in [3.05, 3.63) is 0 Å². The lowest BCUT2D eigenvalue weighted by atomic mass is 9.79. The molecule has 3 amide bonds. The normalized spacial score (nSPS) is 20.1. The molecule has 1 aliphatic carbocycles. The Labute approximate surface area is 194 Å². The van der Waals surface area contributed by atoms with Crippen molar-refractivity contribution < 1.29 is 19.2 Å². The van der Waals surface area contributed by atoms with E-state index in [4.69, 9.17) is 0 Å². The molecular weight excluding hydrogens is 406 g/mol. The summed E-state index contributed by atoms with van der Waals surface area (Å²) in [6.45, 7) is 9.41. The van der Waals surface area contributed by atoms with Gasteiger partial charge in [0.2, 0.25) is 17.7 Å². The largest absolute Gasteiger partial charge is 0.356 e. The van der Waals surface area contributed by atoms with Crippen LogP contribution in [0.3, 0.4) is 0 Å². The highest BCUT2D eigenvalue weighted by Crippen LogP contribution is 2.28. The first-order chi connectivity index (χ1) is 15.3. The number of hydrogen-bond donors (Lipinski definition) is 3. The van der Waals surface area contributed by atoms with Crippen LogP contribution in [0.4, 0.5) is 0 Å². The minimum Gasteiger partial charge on any atom is -0.356 e. The number of amides is 3. The lowest BCUT2D eigenvalue weighted by Gasteiger charge is -2.29. The summed E-state index contributed by atoms with van der Waals surface area (Å²) in [6, 6.07) is 0.142. The van der Waals surface area contributed by atoms with E-state index in [0.717, 1.165) is 38.5 Å². The van der Waals surface area contributed by atoms with Gasteiger partial charge in [-0.2, -0.15) is 0 Å². The minimum atomic E-state index is -0.0816. The Morgan fingerprint density at radius 3 is 2.00 bits per heavy atom. The number of nitrogens with one attached hydrogen (secondary N) is 3. The summed E-state index contributed by atoms with van der Waals surface area (Å²) in [5.41, 5.74) is 0. The van der Waals surface area contributed by atoms with E-state index in [1.807, 2.05) is 13.8 Å². The number of carbonyl (C=O) groups excluding carboxylic acids is 4. The molecule has 2 atom stereocenters. The highest BCUT2D eigenvalue weighted by molar-refractivity contribution is 5.83. The molecule has 0 spiro atoms. The molecular formula is C25H45N3O4. The zero-order chi connectivity index (χ0) is 23.9. The SMILES string of the molecule is CCC(C)CNC(=O)CCCNC(=O)CCCC(=O)NC1CCC(C(=O)C(C)CC)CC1. The van der Waals surface area contributed by atoms with Crippen LogP contribution in [0.1, 0.15) is 98.3 Å². The van der Waals surface area contributed by atoms with Gasteiger partial charge >= 0.3 is 0 Å². The second kappa shape index (κ2) is 15.8. The van der Waals surface area contributed by atoms with Crippen LogP contribution in [0.2, 0.25) is 0 Å². The molecule has 7 nitrogen and oxygen atoms in total. The highest BCUT2D eigenvalue weighted by atomic mass is 16.2. The predicted molar refractivity (Wildman–Crippen MR) is 127 cm³/mol. The van der Waals surface area contributed by atoms with Crippen LogP contribution in [0.15, 0.2) is 0 Å². The van der Waals surface area contributed by atoms with Crippen molar-refractivity contribution >= 4 is 23.5 Å². The average molecular weight is 452 g/mol. The lowest BCUT2D eigenvalue weighted by Crippen LogP contribution is -2.39. The van der Waals surface area contributed by atoms with Crippen LogP contribution in [-0.2, 0) is 19.2 Å². The fraction of sp³-hybridized carbons (Fsp3) is 0.840. The first-order valence-electron chi connectivity index (χ1n) is 12.6. The zero-order valence-electron chi connectivity index (χ0n) is 20.6. The molecule has 1 saturated carbocycles. The standard InChI is InChI=1S/C25H45N3O4/c1-5-18(3)17-27-23(30)11-8-16-26-22(29)9-7-10-24(31)28-21-14-12-20(13-15-21)25(32)19(4)6-2/h18-21H,5-17H2,1-4H3,(H,26,29)(H,27,30)(H,28,31). The monoisotopic (exact) mass is 451 g/mol. The van der Waals surface area contributed by atoms with E-state index in [-0.39, 0.29) is 35.6 Å². The Balaban J connectivity index is 2.08. The number of Topliss-reactive ketones (excluding diaryl/α,β-unsaturated/α-hetero) is 1. The van der Waals surface area contributed by atoms with Crippen LogP contribution in [0.25, 0.3) is 0 Å². The average Bonchev–Trinajstić information content (AvgIpc) is 2.79. The second-order valence-corrected chi connectivity index (χ2v) is 9.45.